The Kier molecular flexibility index (Phi) is 6.00. The van der Waals surface area contributed by atoms with Crippen LogP contribution in [0, 0.1) is 11.3 Å². The molecule has 0 rings (SSSR count). The molecule has 0 aromatic rings. The summed E-state index contributed by atoms with van der Waals surface area (Å²) >= 11 is 1.67. The molecule has 0 unspecified atom stereocenters. The molecule has 0 amide bonds. The second-order valence-electron chi connectivity index (χ2n) is 1.65. The van der Waals surface area contributed by atoms with Gasteiger partial charge < -0.3 is 0 Å². The molecule has 0 aliphatic carbocycles. The molecule has 0 radical (unpaired) electrons. The summed E-state index contributed by atoms with van der Waals surface area (Å²) in [6, 6.07) is 2.09. The Morgan fingerprint density at radius 1 is 1.80 bits per heavy atom. The zero-order chi connectivity index (χ0) is 7.82. The molecule has 0 aromatic carbocycles. The van der Waals surface area contributed by atoms with Crippen LogP contribution in [0.3, 0.4) is 0 Å². The minimum atomic E-state index is 0.607. The fraction of sp³-hybridized carbons (Fsp3) is 0.375. The lowest BCUT2D eigenvalue weighted by Gasteiger charge is -1.95. The van der Waals surface area contributed by atoms with Crippen molar-refractivity contribution >= 4 is 11.8 Å². The Hall–Kier alpha value is -0.680. The molecular formula is C8H11NS. The molecule has 0 spiro atoms. The molecular weight excluding hydrogens is 142 g/mol. The fourth-order valence-electron chi connectivity index (χ4n) is 0.475. The van der Waals surface area contributed by atoms with Gasteiger partial charge in [-0.25, -0.2) is 0 Å². The first-order valence-corrected chi connectivity index (χ1v) is 4.12. The molecule has 0 fully saturated rings. The number of hydrogen-bond acceptors (Lipinski definition) is 2. The van der Waals surface area contributed by atoms with Crippen LogP contribution >= 0.6 is 11.8 Å². The number of allylic oxidation sites excluding steroid dienone is 2. The summed E-state index contributed by atoms with van der Waals surface area (Å²) in [5, 5.41) is 8.22. The van der Waals surface area contributed by atoms with Crippen LogP contribution in [0.1, 0.15) is 13.3 Å². The maximum Gasteiger partial charge on any atom is 0.0630 e. The molecule has 0 aliphatic heterocycles. The average Bonchev–Trinajstić information content (AvgIpc) is 1.99. The molecule has 0 aliphatic rings. The lowest BCUT2D eigenvalue weighted by Crippen LogP contribution is -1.75. The van der Waals surface area contributed by atoms with E-state index in [9.17, 15) is 0 Å². The highest BCUT2D eigenvalue weighted by Gasteiger charge is 1.89. The maximum absolute atomic E-state index is 8.22. The summed E-state index contributed by atoms with van der Waals surface area (Å²) in [4.78, 5) is 1.15. The van der Waals surface area contributed by atoms with Gasteiger partial charge in [0, 0.05) is 17.1 Å². The van der Waals surface area contributed by atoms with Gasteiger partial charge in [-0.3, -0.25) is 0 Å². The van der Waals surface area contributed by atoms with E-state index < -0.39 is 0 Å². The third-order valence-corrected chi connectivity index (χ3v) is 2.11. The van der Waals surface area contributed by atoms with Gasteiger partial charge in [-0.15, -0.1) is 11.8 Å². The number of nitrogens with zero attached hydrogens (tertiary/aromatic N) is 1. The van der Waals surface area contributed by atoms with E-state index in [0.717, 1.165) is 10.7 Å². The Labute approximate surface area is 66.4 Å². The number of nitriles is 1. The van der Waals surface area contributed by atoms with Gasteiger partial charge in [0.1, 0.15) is 0 Å². The quantitative estimate of drug-likeness (QED) is 0.458. The van der Waals surface area contributed by atoms with E-state index in [4.69, 9.17) is 5.26 Å². The highest BCUT2D eigenvalue weighted by Crippen LogP contribution is 2.16. The molecule has 0 heterocycles. The van der Waals surface area contributed by atoms with Crippen molar-refractivity contribution in [3.63, 3.8) is 0 Å². The standard InChI is InChI=1S/C8H11NS/c1-3-8(4-2)10-7-5-6-9/h3-4H,1,5,7H2,2H3/b8-4+. The predicted octanol–water partition coefficient (Wildman–Crippen LogP) is 2.72. The van der Waals surface area contributed by atoms with E-state index in [1.165, 1.54) is 0 Å². The SMILES string of the molecule is C=C/C(=C\C)SCCC#N. The molecule has 0 atom stereocenters. The molecule has 1 nitrogen and oxygen atoms in total. The molecule has 54 valence electrons. The second-order valence-corrected chi connectivity index (χ2v) is 2.82. The van der Waals surface area contributed by atoms with E-state index in [2.05, 4.69) is 12.6 Å². The van der Waals surface area contributed by atoms with Gasteiger partial charge in [-0.1, -0.05) is 18.7 Å². The fourth-order valence-corrected chi connectivity index (χ4v) is 1.19. The van der Waals surface area contributed by atoms with E-state index >= 15 is 0 Å². The summed E-state index contributed by atoms with van der Waals surface area (Å²) in [5.41, 5.74) is 0. The second kappa shape index (κ2) is 6.44. The first kappa shape index (κ1) is 9.32. The molecule has 0 bridgehead atoms. The van der Waals surface area contributed by atoms with Crippen LogP contribution in [0.5, 0.6) is 0 Å². The van der Waals surface area contributed by atoms with Crippen LogP contribution in [0.15, 0.2) is 23.6 Å². The predicted molar refractivity (Wildman–Crippen MR) is 46.6 cm³/mol. The van der Waals surface area contributed by atoms with Gasteiger partial charge in [0.25, 0.3) is 0 Å². The van der Waals surface area contributed by atoms with Crippen LogP contribution in [0.2, 0.25) is 0 Å². The maximum atomic E-state index is 8.22. The lowest BCUT2D eigenvalue weighted by molar-refractivity contribution is 1.24. The zero-order valence-electron chi connectivity index (χ0n) is 6.13. The third kappa shape index (κ3) is 4.22. The normalized spacial score (nSPS) is 10.6. The molecule has 0 aromatic heterocycles. The van der Waals surface area contributed by atoms with Crippen molar-refractivity contribution in [2.24, 2.45) is 0 Å². The summed E-state index contributed by atoms with van der Waals surface area (Å²) in [5.74, 6) is 0.863. The van der Waals surface area contributed by atoms with Crippen molar-refractivity contribution in [1.29, 1.82) is 5.26 Å². The summed E-state index contributed by atoms with van der Waals surface area (Å²) in [7, 11) is 0. The first-order chi connectivity index (χ1) is 4.85. The summed E-state index contributed by atoms with van der Waals surface area (Å²) < 4.78 is 0. The average molecular weight is 153 g/mol. The minimum absolute atomic E-state index is 0.607. The van der Waals surface area contributed by atoms with Crippen LogP contribution in [0.4, 0.5) is 0 Å². The van der Waals surface area contributed by atoms with Crippen LogP contribution in [-0.2, 0) is 0 Å². The Balaban J connectivity index is 3.48. The monoisotopic (exact) mass is 153 g/mol. The van der Waals surface area contributed by atoms with Gasteiger partial charge >= 0.3 is 0 Å². The largest absolute Gasteiger partial charge is 0.198 e. The van der Waals surface area contributed by atoms with Crippen LogP contribution < -0.4 is 0 Å². The topological polar surface area (TPSA) is 23.8 Å². The van der Waals surface area contributed by atoms with Crippen molar-refractivity contribution in [3.8, 4) is 6.07 Å². The van der Waals surface area contributed by atoms with E-state index in [-0.39, 0.29) is 0 Å². The summed E-state index contributed by atoms with van der Waals surface area (Å²) in [6.07, 6.45) is 4.41. The first-order valence-electron chi connectivity index (χ1n) is 3.13. The number of rotatable bonds is 4. The smallest absolute Gasteiger partial charge is 0.0630 e. The zero-order valence-corrected chi connectivity index (χ0v) is 6.95. The van der Waals surface area contributed by atoms with Gasteiger partial charge in [0.15, 0.2) is 0 Å². The Morgan fingerprint density at radius 3 is 2.90 bits per heavy atom. The van der Waals surface area contributed by atoms with Gasteiger partial charge in [-0.2, -0.15) is 5.26 Å². The van der Waals surface area contributed by atoms with Crippen molar-refractivity contribution in [2.75, 3.05) is 5.75 Å². The molecule has 0 saturated heterocycles. The summed E-state index contributed by atoms with van der Waals surface area (Å²) in [6.45, 7) is 5.61. The minimum Gasteiger partial charge on any atom is -0.198 e. The lowest BCUT2D eigenvalue weighted by atomic mass is 10.5. The highest BCUT2D eigenvalue weighted by atomic mass is 32.2. The Bertz CT molecular complexity index is 165. The molecule has 10 heavy (non-hydrogen) atoms. The molecule has 2 heteroatoms. The third-order valence-electron chi connectivity index (χ3n) is 0.968. The van der Waals surface area contributed by atoms with Gasteiger partial charge in [-0.05, 0) is 6.92 Å². The van der Waals surface area contributed by atoms with Crippen LogP contribution in [-0.4, -0.2) is 5.75 Å². The van der Waals surface area contributed by atoms with Crippen molar-refractivity contribution in [2.45, 2.75) is 13.3 Å². The van der Waals surface area contributed by atoms with E-state index in [0.29, 0.717) is 6.42 Å². The van der Waals surface area contributed by atoms with Crippen molar-refractivity contribution in [1.82, 2.24) is 0 Å². The van der Waals surface area contributed by atoms with Gasteiger partial charge in [0.05, 0.1) is 6.07 Å². The Morgan fingerprint density at radius 2 is 2.50 bits per heavy atom. The molecule has 0 N–H and O–H groups in total. The van der Waals surface area contributed by atoms with Crippen LogP contribution in [0.25, 0.3) is 0 Å². The van der Waals surface area contributed by atoms with Crippen molar-refractivity contribution in [3.05, 3.63) is 23.6 Å². The van der Waals surface area contributed by atoms with E-state index in [1.807, 2.05) is 19.1 Å². The van der Waals surface area contributed by atoms with Gasteiger partial charge in [0.2, 0.25) is 0 Å². The van der Waals surface area contributed by atoms with Crippen molar-refractivity contribution < 1.29 is 0 Å². The number of hydrogen-bond donors (Lipinski definition) is 0. The van der Waals surface area contributed by atoms with E-state index in [1.54, 1.807) is 11.8 Å². The molecule has 0 saturated carbocycles. The highest BCUT2D eigenvalue weighted by molar-refractivity contribution is 8.03. The number of thioether (sulfide) groups is 1.